The maximum absolute atomic E-state index is 14.5. The second-order valence-electron chi connectivity index (χ2n) is 6.36. The Kier molecular flexibility index (Phi) is 6.32. The molecular formula is C21H18ClFN2O3S. The van der Waals surface area contributed by atoms with Gasteiger partial charge in [-0.2, -0.15) is 0 Å². The molecule has 0 unspecified atom stereocenters. The van der Waals surface area contributed by atoms with Crippen LogP contribution in [0.2, 0.25) is 5.02 Å². The van der Waals surface area contributed by atoms with E-state index < -0.39 is 27.8 Å². The summed E-state index contributed by atoms with van der Waals surface area (Å²) in [5.74, 6) is -1.42. The summed E-state index contributed by atoms with van der Waals surface area (Å²) in [6.45, 7) is 1.70. The summed E-state index contributed by atoms with van der Waals surface area (Å²) in [5, 5.41) is 2.78. The van der Waals surface area contributed by atoms with Gasteiger partial charge in [-0.05, 0) is 48.9 Å². The van der Waals surface area contributed by atoms with Crippen LogP contribution in [0.15, 0.2) is 77.7 Å². The number of benzene rings is 3. The minimum absolute atomic E-state index is 0.134. The molecule has 0 saturated heterocycles. The summed E-state index contributed by atoms with van der Waals surface area (Å²) in [7, 11) is -3.95. The van der Waals surface area contributed by atoms with Crippen molar-refractivity contribution in [1.82, 2.24) is 4.72 Å². The largest absolute Gasteiger partial charge is 0.319 e. The van der Waals surface area contributed by atoms with Crippen LogP contribution in [0.5, 0.6) is 0 Å². The number of hydrogen-bond donors (Lipinski definition) is 2. The van der Waals surface area contributed by atoms with Crippen LogP contribution >= 0.6 is 11.6 Å². The number of amides is 1. The van der Waals surface area contributed by atoms with E-state index in [2.05, 4.69) is 10.0 Å². The fourth-order valence-corrected chi connectivity index (χ4v) is 4.13. The molecule has 0 spiro atoms. The number of rotatable bonds is 6. The number of nitrogens with one attached hydrogen (secondary N) is 2. The third-order valence-corrected chi connectivity index (χ3v) is 5.99. The molecule has 5 nitrogen and oxygen atoms in total. The van der Waals surface area contributed by atoms with Gasteiger partial charge in [0.15, 0.2) is 0 Å². The van der Waals surface area contributed by atoms with E-state index >= 15 is 0 Å². The minimum atomic E-state index is -3.95. The van der Waals surface area contributed by atoms with E-state index in [9.17, 15) is 17.6 Å². The fraction of sp³-hybridized carbons (Fsp3) is 0.0952. The molecule has 3 rings (SSSR count). The molecule has 1 atom stereocenters. The molecule has 0 bridgehead atoms. The summed E-state index contributed by atoms with van der Waals surface area (Å²) in [6, 6.07) is 18.0. The molecule has 3 aromatic rings. The van der Waals surface area contributed by atoms with Crippen LogP contribution in [0.3, 0.4) is 0 Å². The van der Waals surface area contributed by atoms with Gasteiger partial charge in [0.2, 0.25) is 10.0 Å². The molecule has 0 aliphatic heterocycles. The van der Waals surface area contributed by atoms with E-state index in [1.54, 1.807) is 43.3 Å². The van der Waals surface area contributed by atoms with Crippen molar-refractivity contribution in [2.45, 2.75) is 17.9 Å². The van der Waals surface area contributed by atoms with Crippen molar-refractivity contribution >= 4 is 33.2 Å². The topological polar surface area (TPSA) is 75.3 Å². The zero-order chi connectivity index (χ0) is 21.0. The average molecular weight is 433 g/mol. The molecule has 29 heavy (non-hydrogen) atoms. The van der Waals surface area contributed by atoms with Crippen LogP contribution in [0.25, 0.3) is 0 Å². The van der Waals surface area contributed by atoms with Gasteiger partial charge in [0.05, 0.1) is 10.6 Å². The Labute approximate surface area is 173 Å². The molecular weight excluding hydrogens is 415 g/mol. The quantitative estimate of drug-likeness (QED) is 0.589. The third kappa shape index (κ3) is 5.20. The molecule has 1 amide bonds. The van der Waals surface area contributed by atoms with E-state index in [-0.39, 0.29) is 16.1 Å². The molecule has 150 valence electrons. The lowest BCUT2D eigenvalue weighted by Crippen LogP contribution is -2.27. The molecule has 8 heteroatoms. The maximum atomic E-state index is 14.5. The summed E-state index contributed by atoms with van der Waals surface area (Å²) in [4.78, 5) is 12.0. The molecule has 0 aliphatic rings. The number of carbonyl (C=O) groups is 1. The highest BCUT2D eigenvalue weighted by Gasteiger charge is 2.20. The number of anilines is 1. The fourth-order valence-electron chi connectivity index (χ4n) is 2.70. The Hall–Kier alpha value is -2.74. The number of hydrogen-bond acceptors (Lipinski definition) is 3. The SMILES string of the molecule is C[C@H](NS(=O)(=O)c1ccc(NC(=O)c2cccc(Cl)c2)c(F)c1)c1ccccc1. The molecule has 0 fully saturated rings. The normalized spacial score (nSPS) is 12.4. The predicted molar refractivity (Wildman–Crippen MR) is 111 cm³/mol. The van der Waals surface area contributed by atoms with Crippen molar-refractivity contribution in [3.8, 4) is 0 Å². The van der Waals surface area contributed by atoms with Gasteiger partial charge >= 0.3 is 0 Å². The highest BCUT2D eigenvalue weighted by atomic mass is 35.5. The second-order valence-corrected chi connectivity index (χ2v) is 8.51. The van der Waals surface area contributed by atoms with Crippen molar-refractivity contribution < 1.29 is 17.6 Å². The van der Waals surface area contributed by atoms with Gasteiger partial charge in [-0.3, -0.25) is 4.79 Å². The van der Waals surface area contributed by atoms with E-state index in [1.165, 1.54) is 24.3 Å². The Morgan fingerprint density at radius 1 is 1.00 bits per heavy atom. The molecule has 2 N–H and O–H groups in total. The van der Waals surface area contributed by atoms with Gasteiger partial charge in [-0.25, -0.2) is 17.5 Å². The number of sulfonamides is 1. The maximum Gasteiger partial charge on any atom is 0.255 e. The summed E-state index contributed by atoms with van der Waals surface area (Å²) < 4.78 is 42.1. The highest BCUT2D eigenvalue weighted by Crippen LogP contribution is 2.22. The van der Waals surface area contributed by atoms with Gasteiger partial charge in [0.1, 0.15) is 5.82 Å². The smallest absolute Gasteiger partial charge is 0.255 e. The Bertz CT molecular complexity index is 1140. The van der Waals surface area contributed by atoms with Crippen molar-refractivity contribution in [1.29, 1.82) is 0 Å². The Morgan fingerprint density at radius 2 is 1.72 bits per heavy atom. The highest BCUT2D eigenvalue weighted by molar-refractivity contribution is 7.89. The van der Waals surface area contributed by atoms with Gasteiger partial charge in [0, 0.05) is 16.6 Å². The summed E-state index contributed by atoms with van der Waals surface area (Å²) in [5.41, 5.74) is 0.902. The third-order valence-electron chi connectivity index (χ3n) is 4.22. The molecule has 0 radical (unpaired) electrons. The first kappa shape index (κ1) is 21.0. The zero-order valence-electron chi connectivity index (χ0n) is 15.4. The van der Waals surface area contributed by atoms with Crippen LogP contribution in [-0.4, -0.2) is 14.3 Å². The van der Waals surface area contributed by atoms with Gasteiger partial charge in [0.25, 0.3) is 5.91 Å². The van der Waals surface area contributed by atoms with E-state index in [4.69, 9.17) is 11.6 Å². The average Bonchev–Trinajstić information content (AvgIpc) is 2.69. The van der Waals surface area contributed by atoms with Crippen molar-refractivity contribution in [3.63, 3.8) is 0 Å². The van der Waals surface area contributed by atoms with Crippen LogP contribution < -0.4 is 10.0 Å². The van der Waals surface area contributed by atoms with Gasteiger partial charge in [-0.1, -0.05) is 48.0 Å². The van der Waals surface area contributed by atoms with E-state index in [1.807, 2.05) is 6.07 Å². The van der Waals surface area contributed by atoms with Gasteiger partial charge < -0.3 is 5.32 Å². The van der Waals surface area contributed by atoms with Crippen LogP contribution in [0, 0.1) is 5.82 Å². The van der Waals surface area contributed by atoms with E-state index in [0.717, 1.165) is 11.6 Å². The number of carbonyl (C=O) groups excluding carboxylic acids is 1. The first-order valence-electron chi connectivity index (χ1n) is 8.70. The summed E-state index contributed by atoms with van der Waals surface area (Å²) >= 11 is 5.85. The monoisotopic (exact) mass is 432 g/mol. The Morgan fingerprint density at radius 3 is 2.38 bits per heavy atom. The van der Waals surface area contributed by atoms with Crippen LogP contribution in [0.1, 0.15) is 28.9 Å². The second kappa shape index (κ2) is 8.73. The molecule has 3 aromatic carbocycles. The molecule has 0 heterocycles. The molecule has 0 aromatic heterocycles. The Balaban J connectivity index is 1.77. The lowest BCUT2D eigenvalue weighted by atomic mass is 10.1. The first-order valence-corrected chi connectivity index (χ1v) is 10.6. The number of halogens is 2. The lowest BCUT2D eigenvalue weighted by molar-refractivity contribution is 0.102. The van der Waals surface area contributed by atoms with Crippen LogP contribution in [-0.2, 0) is 10.0 Å². The van der Waals surface area contributed by atoms with Crippen LogP contribution in [0.4, 0.5) is 10.1 Å². The first-order chi connectivity index (χ1) is 13.8. The zero-order valence-corrected chi connectivity index (χ0v) is 17.0. The van der Waals surface area contributed by atoms with Crippen molar-refractivity contribution in [3.05, 3.63) is 94.8 Å². The molecule has 0 aliphatic carbocycles. The molecule has 0 saturated carbocycles. The standard InChI is InChI=1S/C21H18ClFN2O3S/c1-14(15-6-3-2-4-7-15)25-29(27,28)18-10-11-20(19(23)13-18)24-21(26)16-8-5-9-17(22)12-16/h2-14,25H,1H3,(H,24,26)/t14-/m0/s1. The van der Waals surface area contributed by atoms with Crippen molar-refractivity contribution in [2.75, 3.05) is 5.32 Å². The van der Waals surface area contributed by atoms with E-state index in [0.29, 0.717) is 5.02 Å². The predicted octanol–water partition coefficient (Wildman–Crippen LogP) is 4.77. The van der Waals surface area contributed by atoms with Crippen molar-refractivity contribution in [2.24, 2.45) is 0 Å². The minimum Gasteiger partial charge on any atom is -0.319 e. The van der Waals surface area contributed by atoms with Gasteiger partial charge in [-0.15, -0.1) is 0 Å². The summed E-state index contributed by atoms with van der Waals surface area (Å²) in [6.07, 6.45) is 0. The lowest BCUT2D eigenvalue weighted by Gasteiger charge is -2.15.